The molecule has 0 spiro atoms. The van der Waals surface area contributed by atoms with Gasteiger partial charge in [-0.2, -0.15) is 37.9 Å². The molecule has 20 heavy (non-hydrogen) atoms. The molecule has 0 radical (unpaired) electrons. The van der Waals surface area contributed by atoms with Gasteiger partial charge in [0, 0.05) is 12.3 Å². The number of thioether (sulfide) groups is 1. The summed E-state index contributed by atoms with van der Waals surface area (Å²) >= 11 is 5.57. The second-order valence-corrected chi connectivity index (χ2v) is 4.79. The minimum atomic E-state index is -4.26. The molecule has 7 nitrogen and oxygen atoms in total. The second-order valence-electron chi connectivity index (χ2n) is 3.29. The molecule has 0 aliphatic rings. The predicted molar refractivity (Wildman–Crippen MR) is 66.8 cm³/mol. The SMILES string of the molecule is FC(F)(F)SCCNc1nc(Cl)nc(-n2cncn2)n1. The fourth-order valence-electron chi connectivity index (χ4n) is 1.16. The molecular formula is C8H7ClF3N7S. The summed E-state index contributed by atoms with van der Waals surface area (Å²) in [6.45, 7) is 0.0291. The summed E-state index contributed by atoms with van der Waals surface area (Å²) < 4.78 is 37.1. The van der Waals surface area contributed by atoms with Crippen LogP contribution in [0.4, 0.5) is 19.1 Å². The monoisotopic (exact) mass is 325 g/mol. The number of halogens is 4. The summed E-state index contributed by atoms with van der Waals surface area (Å²) in [6, 6.07) is 0. The highest BCUT2D eigenvalue weighted by Gasteiger charge is 2.27. The predicted octanol–water partition coefficient (Wildman–Crippen LogP) is 1.77. The maximum absolute atomic E-state index is 11.9. The van der Waals surface area contributed by atoms with E-state index in [0.717, 1.165) is 0 Å². The van der Waals surface area contributed by atoms with Crippen molar-refractivity contribution in [2.75, 3.05) is 17.6 Å². The summed E-state index contributed by atoms with van der Waals surface area (Å²) in [4.78, 5) is 15.3. The van der Waals surface area contributed by atoms with Gasteiger partial charge in [0.2, 0.25) is 11.2 Å². The fourth-order valence-corrected chi connectivity index (χ4v) is 1.75. The van der Waals surface area contributed by atoms with Crippen molar-refractivity contribution >= 4 is 29.3 Å². The molecule has 2 aromatic heterocycles. The van der Waals surface area contributed by atoms with E-state index in [0.29, 0.717) is 0 Å². The molecule has 0 atom stereocenters. The van der Waals surface area contributed by atoms with Gasteiger partial charge in [-0.3, -0.25) is 0 Å². The molecule has 0 aromatic carbocycles. The van der Waals surface area contributed by atoms with Gasteiger partial charge in [0.25, 0.3) is 5.95 Å². The zero-order valence-corrected chi connectivity index (χ0v) is 11.2. The molecule has 1 N–H and O–H groups in total. The number of alkyl halides is 3. The van der Waals surface area contributed by atoms with Crippen LogP contribution in [0, 0.1) is 0 Å². The smallest absolute Gasteiger partial charge is 0.353 e. The van der Waals surface area contributed by atoms with Gasteiger partial charge in [-0.1, -0.05) is 0 Å². The number of rotatable bonds is 5. The lowest BCUT2D eigenvalue weighted by Gasteiger charge is -2.07. The minimum absolute atomic E-state index is 0.0291. The molecular weight excluding hydrogens is 319 g/mol. The third kappa shape index (κ3) is 4.49. The van der Waals surface area contributed by atoms with Crippen LogP contribution >= 0.6 is 23.4 Å². The van der Waals surface area contributed by atoms with E-state index in [9.17, 15) is 13.2 Å². The van der Waals surface area contributed by atoms with Gasteiger partial charge < -0.3 is 5.32 Å². The first-order chi connectivity index (χ1) is 9.44. The Morgan fingerprint density at radius 1 is 1.30 bits per heavy atom. The Balaban J connectivity index is 1.98. The molecule has 0 unspecified atom stereocenters. The largest absolute Gasteiger partial charge is 0.441 e. The van der Waals surface area contributed by atoms with Gasteiger partial charge in [-0.05, 0) is 23.4 Å². The molecule has 0 aliphatic carbocycles. The second kappa shape index (κ2) is 6.22. The van der Waals surface area contributed by atoms with Crippen LogP contribution in [-0.4, -0.2) is 47.5 Å². The number of anilines is 1. The van der Waals surface area contributed by atoms with E-state index in [1.807, 2.05) is 0 Å². The average molecular weight is 326 g/mol. The van der Waals surface area contributed by atoms with Gasteiger partial charge in [-0.25, -0.2) is 4.98 Å². The van der Waals surface area contributed by atoms with E-state index in [1.54, 1.807) is 0 Å². The van der Waals surface area contributed by atoms with Crippen LogP contribution in [0.25, 0.3) is 5.95 Å². The lowest BCUT2D eigenvalue weighted by molar-refractivity contribution is -0.0327. The summed E-state index contributed by atoms with van der Waals surface area (Å²) in [6.07, 6.45) is 2.64. The fraction of sp³-hybridized carbons (Fsp3) is 0.375. The van der Waals surface area contributed by atoms with Crippen molar-refractivity contribution in [1.82, 2.24) is 29.7 Å². The Bertz CT molecular complexity index is 562. The third-order valence-corrected chi connectivity index (χ3v) is 2.78. The number of hydrogen-bond donors (Lipinski definition) is 1. The number of aromatic nitrogens is 6. The lowest BCUT2D eigenvalue weighted by atomic mass is 10.7. The number of nitrogens with zero attached hydrogens (tertiary/aromatic N) is 6. The normalized spacial score (nSPS) is 11.6. The standard InChI is InChI=1S/C8H7ClF3N7S/c9-5-16-6(14-1-2-20-8(10,11)12)18-7(17-5)19-4-13-3-15-19/h3-4H,1-2H2,(H,14,16,17,18). The molecule has 0 saturated heterocycles. The molecule has 2 rings (SSSR count). The topological polar surface area (TPSA) is 81.4 Å². The van der Waals surface area contributed by atoms with Crippen LogP contribution in [0.3, 0.4) is 0 Å². The molecule has 12 heteroatoms. The molecule has 0 fully saturated rings. The Labute approximate surface area is 120 Å². The van der Waals surface area contributed by atoms with E-state index in [1.165, 1.54) is 17.3 Å². The highest BCUT2D eigenvalue weighted by atomic mass is 35.5. The van der Waals surface area contributed by atoms with Crippen molar-refractivity contribution in [3.8, 4) is 5.95 Å². The Morgan fingerprint density at radius 3 is 2.75 bits per heavy atom. The van der Waals surface area contributed by atoms with Crippen molar-refractivity contribution in [3.05, 3.63) is 17.9 Å². The molecule has 2 heterocycles. The van der Waals surface area contributed by atoms with E-state index < -0.39 is 5.51 Å². The highest BCUT2D eigenvalue weighted by Crippen LogP contribution is 2.29. The van der Waals surface area contributed by atoms with E-state index in [2.05, 4.69) is 30.4 Å². The van der Waals surface area contributed by atoms with Crippen molar-refractivity contribution in [3.63, 3.8) is 0 Å². The van der Waals surface area contributed by atoms with Crippen LogP contribution in [-0.2, 0) is 0 Å². The van der Waals surface area contributed by atoms with Gasteiger partial charge in [0.15, 0.2) is 0 Å². The first-order valence-electron chi connectivity index (χ1n) is 5.15. The van der Waals surface area contributed by atoms with Crippen LogP contribution in [0.15, 0.2) is 12.7 Å². The molecule has 108 valence electrons. The summed E-state index contributed by atoms with van der Waals surface area (Å²) in [5, 5.41) is 6.34. The van der Waals surface area contributed by atoms with Crippen molar-refractivity contribution < 1.29 is 13.2 Å². The minimum Gasteiger partial charge on any atom is -0.353 e. The lowest BCUT2D eigenvalue weighted by Crippen LogP contribution is -2.13. The Kier molecular flexibility index (Phi) is 4.60. The molecule has 2 aromatic rings. The summed E-state index contributed by atoms with van der Waals surface area (Å²) in [5.74, 6) is 0.0117. The van der Waals surface area contributed by atoms with E-state index in [4.69, 9.17) is 11.6 Å². The number of hydrogen-bond acceptors (Lipinski definition) is 7. The van der Waals surface area contributed by atoms with Crippen LogP contribution in [0.5, 0.6) is 0 Å². The quantitative estimate of drug-likeness (QED) is 0.839. The zero-order valence-electron chi connectivity index (χ0n) is 9.67. The van der Waals surface area contributed by atoms with Gasteiger partial charge in [0.1, 0.15) is 12.7 Å². The van der Waals surface area contributed by atoms with Crippen LogP contribution < -0.4 is 5.32 Å². The van der Waals surface area contributed by atoms with E-state index in [-0.39, 0.29) is 41.2 Å². The van der Waals surface area contributed by atoms with Crippen molar-refractivity contribution in [2.45, 2.75) is 5.51 Å². The maximum atomic E-state index is 11.9. The summed E-state index contributed by atoms with van der Waals surface area (Å²) in [7, 11) is 0. The average Bonchev–Trinajstić information content (AvgIpc) is 2.86. The highest BCUT2D eigenvalue weighted by molar-refractivity contribution is 8.00. The van der Waals surface area contributed by atoms with Gasteiger partial charge >= 0.3 is 5.51 Å². The van der Waals surface area contributed by atoms with Gasteiger partial charge in [-0.15, -0.1) is 0 Å². The number of nitrogens with one attached hydrogen (secondary N) is 1. The first-order valence-corrected chi connectivity index (χ1v) is 6.51. The summed E-state index contributed by atoms with van der Waals surface area (Å²) in [5.41, 5.74) is -4.26. The molecule has 0 bridgehead atoms. The Hall–Kier alpha value is -1.62. The van der Waals surface area contributed by atoms with Crippen molar-refractivity contribution in [2.24, 2.45) is 0 Å². The first kappa shape index (κ1) is 14.8. The molecule has 0 aliphatic heterocycles. The zero-order chi connectivity index (χ0) is 14.6. The van der Waals surface area contributed by atoms with Crippen molar-refractivity contribution in [1.29, 1.82) is 0 Å². The van der Waals surface area contributed by atoms with Gasteiger partial charge in [0.05, 0.1) is 0 Å². The van der Waals surface area contributed by atoms with Crippen LogP contribution in [0.2, 0.25) is 5.28 Å². The van der Waals surface area contributed by atoms with Crippen LogP contribution in [0.1, 0.15) is 0 Å². The van der Waals surface area contributed by atoms with E-state index >= 15 is 0 Å². The molecule has 0 saturated carbocycles. The third-order valence-electron chi connectivity index (χ3n) is 1.87. The Morgan fingerprint density at radius 2 is 2.10 bits per heavy atom. The maximum Gasteiger partial charge on any atom is 0.441 e. The molecule has 0 amide bonds.